The Morgan fingerprint density at radius 2 is 1.85 bits per heavy atom. The molecule has 0 N–H and O–H groups in total. The fourth-order valence-electron chi connectivity index (χ4n) is 8.45. The maximum atomic E-state index is 13.7. The Bertz CT molecular complexity index is 895. The number of fused-ring (bicyclic) bond motifs is 4. The molecule has 142 valence electrons. The van der Waals surface area contributed by atoms with Crippen LogP contribution in [0.4, 0.5) is 0 Å². The lowest BCUT2D eigenvalue weighted by molar-refractivity contribution is -0.182. The summed E-state index contributed by atoms with van der Waals surface area (Å²) < 4.78 is 6.23. The number of allylic oxidation sites excluding steroid dienone is 3. The Morgan fingerprint density at radius 3 is 2.63 bits per heavy atom. The Kier molecular flexibility index (Phi) is 2.62. The van der Waals surface area contributed by atoms with Crippen molar-refractivity contribution in [3.8, 4) is 0 Å². The SMILES string of the molecule is C=C1CC2CCC3(C1=C)C(=O)C=C1C4(CCCC5C(C)(OC4=O)C15C)C3C2. The van der Waals surface area contributed by atoms with Crippen LogP contribution in [0.25, 0.3) is 0 Å². The molecule has 0 aromatic carbocycles. The van der Waals surface area contributed by atoms with E-state index in [0.717, 1.165) is 61.7 Å². The number of ether oxygens (including phenoxy) is 1. The van der Waals surface area contributed by atoms with Gasteiger partial charge in [-0.1, -0.05) is 32.1 Å². The Morgan fingerprint density at radius 1 is 1.07 bits per heavy atom. The van der Waals surface area contributed by atoms with E-state index in [1.54, 1.807) is 0 Å². The summed E-state index contributed by atoms with van der Waals surface area (Å²) in [4.78, 5) is 27.4. The summed E-state index contributed by atoms with van der Waals surface area (Å²) in [6.45, 7) is 13.0. The van der Waals surface area contributed by atoms with Crippen LogP contribution in [-0.4, -0.2) is 17.4 Å². The van der Waals surface area contributed by atoms with Crippen LogP contribution in [0.2, 0.25) is 0 Å². The van der Waals surface area contributed by atoms with Crippen molar-refractivity contribution < 1.29 is 14.3 Å². The maximum Gasteiger partial charge on any atom is 0.317 e. The van der Waals surface area contributed by atoms with Gasteiger partial charge in [0.2, 0.25) is 0 Å². The quantitative estimate of drug-likeness (QED) is 0.593. The van der Waals surface area contributed by atoms with Crippen molar-refractivity contribution in [1.29, 1.82) is 0 Å². The highest BCUT2D eigenvalue weighted by Gasteiger charge is 2.84. The summed E-state index contributed by atoms with van der Waals surface area (Å²) in [5, 5.41) is 0. The largest absolute Gasteiger partial charge is 0.457 e. The number of hydrogen-bond acceptors (Lipinski definition) is 3. The van der Waals surface area contributed by atoms with Crippen molar-refractivity contribution in [3.63, 3.8) is 0 Å². The van der Waals surface area contributed by atoms with Gasteiger partial charge in [-0.25, -0.2) is 0 Å². The molecule has 6 fully saturated rings. The third kappa shape index (κ3) is 1.40. The molecule has 0 amide bonds. The monoisotopic (exact) mass is 364 g/mol. The molecule has 7 rings (SSSR count). The van der Waals surface area contributed by atoms with Crippen LogP contribution in [-0.2, 0) is 14.3 Å². The van der Waals surface area contributed by atoms with Crippen LogP contribution in [0.3, 0.4) is 0 Å². The molecule has 1 saturated heterocycles. The average molecular weight is 364 g/mol. The van der Waals surface area contributed by atoms with E-state index in [9.17, 15) is 9.59 Å². The highest BCUT2D eigenvalue weighted by molar-refractivity contribution is 6.04. The minimum atomic E-state index is -0.634. The lowest BCUT2D eigenvalue weighted by Gasteiger charge is -2.58. The van der Waals surface area contributed by atoms with E-state index in [2.05, 4.69) is 27.0 Å². The molecule has 7 atom stereocenters. The molecule has 6 aliphatic carbocycles. The van der Waals surface area contributed by atoms with Crippen molar-refractivity contribution in [1.82, 2.24) is 0 Å². The fourth-order valence-corrected chi connectivity index (χ4v) is 8.45. The summed E-state index contributed by atoms with van der Waals surface area (Å²) in [6.07, 6.45) is 8.54. The summed E-state index contributed by atoms with van der Waals surface area (Å²) >= 11 is 0. The van der Waals surface area contributed by atoms with E-state index in [-0.39, 0.29) is 23.1 Å². The molecule has 0 aromatic rings. The van der Waals surface area contributed by atoms with E-state index in [1.807, 2.05) is 6.08 Å². The first-order chi connectivity index (χ1) is 12.7. The Balaban J connectivity index is 1.66. The molecule has 0 radical (unpaired) electrons. The number of carbonyl (C=O) groups is 2. The van der Waals surface area contributed by atoms with Crippen molar-refractivity contribution >= 4 is 11.8 Å². The predicted molar refractivity (Wildman–Crippen MR) is 102 cm³/mol. The molecule has 1 heterocycles. The molecule has 27 heavy (non-hydrogen) atoms. The second-order valence-corrected chi connectivity index (χ2v) is 10.5. The molecule has 1 aliphatic heterocycles. The number of ketones is 1. The van der Waals surface area contributed by atoms with Gasteiger partial charge in [-0.2, -0.15) is 0 Å². The van der Waals surface area contributed by atoms with Gasteiger partial charge in [0.1, 0.15) is 5.60 Å². The number of rotatable bonds is 0. The van der Waals surface area contributed by atoms with Crippen LogP contribution >= 0.6 is 0 Å². The van der Waals surface area contributed by atoms with Crippen LogP contribution in [0.1, 0.15) is 58.8 Å². The van der Waals surface area contributed by atoms with Gasteiger partial charge in [0.25, 0.3) is 0 Å². The maximum absolute atomic E-state index is 13.7. The highest BCUT2D eigenvalue weighted by Crippen LogP contribution is 2.81. The molecule has 7 unspecified atom stereocenters. The summed E-state index contributed by atoms with van der Waals surface area (Å²) in [6, 6.07) is 0. The minimum Gasteiger partial charge on any atom is -0.457 e. The molecule has 5 saturated carbocycles. The lowest BCUT2D eigenvalue weighted by atomic mass is 9.44. The van der Waals surface area contributed by atoms with E-state index in [4.69, 9.17) is 4.74 Å². The first-order valence-corrected chi connectivity index (χ1v) is 10.6. The molecular formula is C24H28O3. The van der Waals surface area contributed by atoms with Crippen molar-refractivity contribution in [2.24, 2.45) is 34.0 Å². The standard InChI is InChI=1S/C24H28O3/c1-13-10-15-7-9-23(14(13)2)18(11-15)24-8-5-6-16-21(3,17(24)12-19(23)25)22(16,4)27-20(24)26/h12,15-16,18H,1-2,5-11H2,3-4H3. The zero-order valence-electron chi connectivity index (χ0n) is 16.4. The molecule has 1 spiro atoms. The molecule has 4 bridgehead atoms. The van der Waals surface area contributed by atoms with Gasteiger partial charge >= 0.3 is 5.97 Å². The number of carbonyl (C=O) groups excluding carboxylic acids is 2. The van der Waals surface area contributed by atoms with Gasteiger partial charge in [-0.3, -0.25) is 9.59 Å². The molecule has 3 heteroatoms. The first-order valence-electron chi connectivity index (χ1n) is 10.6. The average Bonchev–Trinajstić information content (AvgIpc) is 3.20. The number of hydrogen-bond donors (Lipinski definition) is 0. The minimum absolute atomic E-state index is 0.00350. The zero-order valence-corrected chi connectivity index (χ0v) is 16.4. The topological polar surface area (TPSA) is 43.4 Å². The molecule has 3 nitrogen and oxygen atoms in total. The number of esters is 1. The third-order valence-electron chi connectivity index (χ3n) is 10.0. The van der Waals surface area contributed by atoms with E-state index < -0.39 is 16.4 Å². The van der Waals surface area contributed by atoms with Crippen molar-refractivity contribution in [3.05, 3.63) is 36.0 Å². The first kappa shape index (κ1) is 16.3. The Labute approximate surface area is 160 Å². The van der Waals surface area contributed by atoms with Crippen LogP contribution < -0.4 is 0 Å². The Hall–Kier alpha value is -1.64. The van der Waals surface area contributed by atoms with Crippen LogP contribution in [0.15, 0.2) is 36.0 Å². The van der Waals surface area contributed by atoms with E-state index in [1.165, 1.54) is 0 Å². The molecular weight excluding hydrogens is 336 g/mol. The summed E-state index contributed by atoms with van der Waals surface area (Å²) in [5.41, 5.74) is 1.20. The second-order valence-electron chi connectivity index (χ2n) is 10.5. The zero-order chi connectivity index (χ0) is 19.0. The molecule has 7 aliphatic rings. The van der Waals surface area contributed by atoms with Gasteiger partial charge in [0.05, 0.1) is 10.8 Å². The van der Waals surface area contributed by atoms with Crippen LogP contribution in [0, 0.1) is 34.0 Å². The van der Waals surface area contributed by atoms with E-state index >= 15 is 0 Å². The highest BCUT2D eigenvalue weighted by atomic mass is 16.6. The van der Waals surface area contributed by atoms with Gasteiger partial charge in [-0.05, 0) is 74.5 Å². The van der Waals surface area contributed by atoms with Gasteiger partial charge < -0.3 is 4.74 Å². The lowest BCUT2D eigenvalue weighted by Crippen LogP contribution is -2.61. The van der Waals surface area contributed by atoms with Crippen molar-refractivity contribution in [2.75, 3.05) is 0 Å². The fraction of sp³-hybridized carbons (Fsp3) is 0.667. The summed E-state index contributed by atoms with van der Waals surface area (Å²) in [5.74, 6) is 0.988. The summed E-state index contributed by atoms with van der Waals surface area (Å²) in [7, 11) is 0. The van der Waals surface area contributed by atoms with E-state index in [0.29, 0.717) is 11.8 Å². The van der Waals surface area contributed by atoms with Gasteiger partial charge in [0, 0.05) is 11.3 Å². The smallest absolute Gasteiger partial charge is 0.317 e. The predicted octanol–water partition coefficient (Wildman–Crippen LogP) is 4.54. The van der Waals surface area contributed by atoms with Gasteiger partial charge in [-0.15, -0.1) is 0 Å². The van der Waals surface area contributed by atoms with Gasteiger partial charge in [0.15, 0.2) is 5.78 Å². The second kappa shape index (κ2) is 4.34. The third-order valence-corrected chi connectivity index (χ3v) is 10.0. The normalized spacial score (nSPS) is 55.0. The van der Waals surface area contributed by atoms with Crippen molar-refractivity contribution in [2.45, 2.75) is 64.4 Å². The molecule has 0 aromatic heterocycles. The van der Waals surface area contributed by atoms with Crippen LogP contribution in [0.5, 0.6) is 0 Å².